The quantitative estimate of drug-likeness (QED) is 0.944. The van der Waals surface area contributed by atoms with Gasteiger partial charge >= 0.3 is 0 Å². The lowest BCUT2D eigenvalue weighted by Gasteiger charge is -2.19. The average molecular weight is 313 g/mol. The van der Waals surface area contributed by atoms with Gasteiger partial charge in [-0.2, -0.15) is 0 Å². The van der Waals surface area contributed by atoms with Gasteiger partial charge in [0.2, 0.25) is 0 Å². The molecule has 3 rings (SSSR count). The van der Waals surface area contributed by atoms with Crippen molar-refractivity contribution in [1.82, 2.24) is 0 Å². The molecule has 0 bridgehead atoms. The SMILES string of the molecule is COc1cc(C)c(C(=O)Nc2ccc3c(c2)OCCO3)cc1C. The fourth-order valence-corrected chi connectivity index (χ4v) is 2.57. The highest BCUT2D eigenvalue weighted by atomic mass is 16.6. The summed E-state index contributed by atoms with van der Waals surface area (Å²) >= 11 is 0. The molecular weight excluding hydrogens is 294 g/mol. The number of anilines is 1. The van der Waals surface area contributed by atoms with Crippen LogP contribution in [0.4, 0.5) is 5.69 Å². The topological polar surface area (TPSA) is 56.8 Å². The van der Waals surface area contributed by atoms with Crippen molar-refractivity contribution in [2.75, 3.05) is 25.6 Å². The first kappa shape index (κ1) is 15.2. The maximum Gasteiger partial charge on any atom is 0.255 e. The summed E-state index contributed by atoms with van der Waals surface area (Å²) in [5.41, 5.74) is 3.08. The Morgan fingerprint density at radius 3 is 2.52 bits per heavy atom. The molecule has 0 saturated carbocycles. The largest absolute Gasteiger partial charge is 0.496 e. The maximum atomic E-state index is 12.5. The second-order valence-electron chi connectivity index (χ2n) is 5.45. The first-order chi connectivity index (χ1) is 11.1. The van der Waals surface area contributed by atoms with Crippen LogP contribution in [-0.4, -0.2) is 26.2 Å². The zero-order valence-corrected chi connectivity index (χ0v) is 13.4. The third kappa shape index (κ3) is 3.08. The lowest BCUT2D eigenvalue weighted by molar-refractivity contribution is 0.102. The van der Waals surface area contributed by atoms with Gasteiger partial charge in [0.1, 0.15) is 19.0 Å². The zero-order chi connectivity index (χ0) is 16.4. The van der Waals surface area contributed by atoms with Crippen LogP contribution in [0.2, 0.25) is 0 Å². The van der Waals surface area contributed by atoms with Gasteiger partial charge in [0.05, 0.1) is 7.11 Å². The molecule has 1 aliphatic heterocycles. The fraction of sp³-hybridized carbons (Fsp3) is 0.278. The van der Waals surface area contributed by atoms with Crippen LogP contribution in [0.3, 0.4) is 0 Å². The Balaban J connectivity index is 1.83. The Bertz CT molecular complexity index is 755. The maximum absolute atomic E-state index is 12.5. The van der Waals surface area contributed by atoms with Crippen LogP contribution in [0.15, 0.2) is 30.3 Å². The lowest BCUT2D eigenvalue weighted by atomic mass is 10.0. The van der Waals surface area contributed by atoms with Crippen LogP contribution >= 0.6 is 0 Å². The average Bonchev–Trinajstić information content (AvgIpc) is 2.56. The van der Waals surface area contributed by atoms with Crippen LogP contribution in [0, 0.1) is 13.8 Å². The molecule has 5 heteroatoms. The molecule has 0 aromatic heterocycles. The van der Waals surface area contributed by atoms with Gasteiger partial charge in [-0.05, 0) is 49.2 Å². The van der Waals surface area contributed by atoms with Crippen molar-refractivity contribution in [2.24, 2.45) is 0 Å². The van der Waals surface area contributed by atoms with E-state index in [1.165, 1.54) is 0 Å². The van der Waals surface area contributed by atoms with Crippen LogP contribution in [0.1, 0.15) is 21.5 Å². The van der Waals surface area contributed by atoms with Crippen molar-refractivity contribution in [3.8, 4) is 17.2 Å². The Morgan fingerprint density at radius 1 is 1.04 bits per heavy atom. The molecule has 2 aromatic rings. The van der Waals surface area contributed by atoms with E-state index in [2.05, 4.69) is 5.32 Å². The van der Waals surface area contributed by atoms with E-state index in [0.717, 1.165) is 16.9 Å². The molecule has 1 amide bonds. The first-order valence-electron chi connectivity index (χ1n) is 7.44. The molecule has 0 unspecified atom stereocenters. The number of fused-ring (bicyclic) bond motifs is 1. The van der Waals surface area contributed by atoms with Crippen LogP contribution < -0.4 is 19.5 Å². The highest BCUT2D eigenvalue weighted by Crippen LogP contribution is 2.33. The number of carbonyl (C=O) groups is 1. The van der Waals surface area contributed by atoms with Gasteiger partial charge < -0.3 is 19.5 Å². The van der Waals surface area contributed by atoms with Crippen molar-refractivity contribution in [1.29, 1.82) is 0 Å². The molecule has 0 atom stereocenters. The Hall–Kier alpha value is -2.69. The molecule has 5 nitrogen and oxygen atoms in total. The molecule has 0 radical (unpaired) electrons. The summed E-state index contributed by atoms with van der Waals surface area (Å²) < 4.78 is 16.3. The molecule has 0 saturated heterocycles. The Morgan fingerprint density at radius 2 is 1.78 bits per heavy atom. The van der Waals surface area contributed by atoms with E-state index in [1.807, 2.05) is 26.0 Å². The number of hydrogen-bond acceptors (Lipinski definition) is 4. The monoisotopic (exact) mass is 313 g/mol. The third-order valence-electron chi connectivity index (χ3n) is 3.79. The summed E-state index contributed by atoms with van der Waals surface area (Å²) in [5.74, 6) is 1.96. The Labute approximate surface area is 135 Å². The van der Waals surface area contributed by atoms with Crippen molar-refractivity contribution < 1.29 is 19.0 Å². The van der Waals surface area contributed by atoms with Crippen LogP contribution in [-0.2, 0) is 0 Å². The highest BCUT2D eigenvalue weighted by Gasteiger charge is 2.15. The van der Waals surface area contributed by atoms with Crippen molar-refractivity contribution in [3.63, 3.8) is 0 Å². The smallest absolute Gasteiger partial charge is 0.255 e. The number of nitrogens with one attached hydrogen (secondary N) is 1. The summed E-state index contributed by atoms with van der Waals surface area (Å²) in [6.45, 7) is 4.87. The Kier molecular flexibility index (Phi) is 4.10. The summed E-state index contributed by atoms with van der Waals surface area (Å²) in [6, 6.07) is 9.08. The predicted molar refractivity (Wildman–Crippen MR) is 87.9 cm³/mol. The molecular formula is C18H19NO4. The van der Waals surface area contributed by atoms with Gasteiger partial charge in [-0.1, -0.05) is 0 Å². The highest BCUT2D eigenvalue weighted by molar-refractivity contribution is 6.05. The number of benzene rings is 2. The number of carbonyl (C=O) groups excluding carboxylic acids is 1. The first-order valence-corrected chi connectivity index (χ1v) is 7.44. The minimum Gasteiger partial charge on any atom is -0.496 e. The van der Waals surface area contributed by atoms with E-state index < -0.39 is 0 Å². The van der Waals surface area contributed by atoms with Gasteiger partial charge in [-0.25, -0.2) is 0 Å². The zero-order valence-electron chi connectivity index (χ0n) is 13.4. The van der Waals surface area contributed by atoms with Gasteiger partial charge in [-0.15, -0.1) is 0 Å². The number of rotatable bonds is 3. The van der Waals surface area contributed by atoms with Crippen LogP contribution in [0.25, 0.3) is 0 Å². The van der Waals surface area contributed by atoms with Gasteiger partial charge in [0, 0.05) is 17.3 Å². The van der Waals surface area contributed by atoms with Crippen molar-refractivity contribution in [3.05, 3.63) is 47.0 Å². The van der Waals surface area contributed by atoms with Crippen molar-refractivity contribution >= 4 is 11.6 Å². The summed E-state index contributed by atoms with van der Waals surface area (Å²) in [4.78, 5) is 12.5. The summed E-state index contributed by atoms with van der Waals surface area (Å²) in [6.07, 6.45) is 0. The molecule has 120 valence electrons. The van der Waals surface area contributed by atoms with Crippen LogP contribution in [0.5, 0.6) is 17.2 Å². The molecule has 23 heavy (non-hydrogen) atoms. The van der Waals surface area contributed by atoms with E-state index >= 15 is 0 Å². The second-order valence-corrected chi connectivity index (χ2v) is 5.45. The molecule has 0 spiro atoms. The predicted octanol–water partition coefficient (Wildman–Crippen LogP) is 3.34. The molecule has 1 N–H and O–H groups in total. The molecule has 1 heterocycles. The molecule has 2 aromatic carbocycles. The summed E-state index contributed by atoms with van der Waals surface area (Å²) in [7, 11) is 1.62. The number of hydrogen-bond donors (Lipinski definition) is 1. The third-order valence-corrected chi connectivity index (χ3v) is 3.79. The number of amides is 1. The standard InChI is InChI=1S/C18H19NO4/c1-11-9-16(21-3)12(2)8-14(11)18(20)19-13-4-5-15-17(10-13)23-7-6-22-15/h4-5,8-10H,6-7H2,1-3H3,(H,19,20). The molecule has 0 fully saturated rings. The van der Waals surface area contributed by atoms with E-state index in [9.17, 15) is 4.79 Å². The number of aryl methyl sites for hydroxylation is 2. The van der Waals surface area contributed by atoms with E-state index in [0.29, 0.717) is 36.0 Å². The number of ether oxygens (including phenoxy) is 3. The van der Waals surface area contributed by atoms with Gasteiger partial charge in [0.25, 0.3) is 5.91 Å². The summed E-state index contributed by atoms with van der Waals surface area (Å²) in [5, 5.41) is 2.90. The fourth-order valence-electron chi connectivity index (χ4n) is 2.57. The van der Waals surface area contributed by atoms with E-state index in [-0.39, 0.29) is 5.91 Å². The second kappa shape index (κ2) is 6.20. The normalized spacial score (nSPS) is 12.7. The molecule has 0 aliphatic carbocycles. The van der Waals surface area contributed by atoms with Gasteiger partial charge in [-0.3, -0.25) is 4.79 Å². The molecule has 1 aliphatic rings. The minimum absolute atomic E-state index is 0.162. The number of methoxy groups -OCH3 is 1. The van der Waals surface area contributed by atoms with E-state index in [1.54, 1.807) is 25.3 Å². The lowest BCUT2D eigenvalue weighted by Crippen LogP contribution is -2.17. The van der Waals surface area contributed by atoms with E-state index in [4.69, 9.17) is 14.2 Å². The van der Waals surface area contributed by atoms with Crippen molar-refractivity contribution in [2.45, 2.75) is 13.8 Å². The minimum atomic E-state index is -0.162. The van der Waals surface area contributed by atoms with Gasteiger partial charge in [0.15, 0.2) is 11.5 Å².